The Morgan fingerprint density at radius 2 is 1.88 bits per heavy atom. The summed E-state index contributed by atoms with van der Waals surface area (Å²) in [6.07, 6.45) is 2.67. The number of likely N-dealkylation sites (N-methyl/N-ethyl adjacent to an activating group) is 2. The lowest BCUT2D eigenvalue weighted by Crippen LogP contribution is -2.34. The second kappa shape index (κ2) is 9.30. The Balaban J connectivity index is 3.45. The second-order valence-electron chi connectivity index (χ2n) is 3.83. The van der Waals surface area contributed by atoms with Gasteiger partial charge in [-0.15, -0.1) is 0 Å². The van der Waals surface area contributed by atoms with Crippen LogP contribution < -0.4 is 16.0 Å². The molecule has 0 saturated heterocycles. The Morgan fingerprint density at radius 3 is 2.38 bits per heavy atom. The third-order valence-electron chi connectivity index (χ3n) is 2.42. The van der Waals surface area contributed by atoms with Gasteiger partial charge in [0, 0.05) is 6.54 Å². The maximum absolute atomic E-state index is 11.1. The van der Waals surface area contributed by atoms with Gasteiger partial charge in [-0.2, -0.15) is 0 Å². The molecule has 5 heteroatoms. The molecule has 94 valence electrons. The zero-order chi connectivity index (χ0) is 12.4. The fourth-order valence-corrected chi connectivity index (χ4v) is 1.48. The summed E-state index contributed by atoms with van der Waals surface area (Å²) in [5.74, 6) is 0.181. The highest BCUT2D eigenvalue weighted by Gasteiger charge is 2.10. The number of nitrogens with one attached hydrogen (secondary N) is 3. The van der Waals surface area contributed by atoms with Crippen molar-refractivity contribution in [3.05, 3.63) is 0 Å². The summed E-state index contributed by atoms with van der Waals surface area (Å²) in [6.45, 7) is 2.62. The van der Waals surface area contributed by atoms with Crippen LogP contribution in [-0.2, 0) is 9.59 Å². The zero-order valence-electron chi connectivity index (χ0n) is 10.4. The van der Waals surface area contributed by atoms with E-state index in [9.17, 15) is 9.59 Å². The highest BCUT2D eigenvalue weighted by Crippen LogP contribution is 2.00. The summed E-state index contributed by atoms with van der Waals surface area (Å²) < 4.78 is 0. The first kappa shape index (κ1) is 15.1. The number of amides is 1. The summed E-state index contributed by atoms with van der Waals surface area (Å²) in [7, 11) is 3.53. The lowest BCUT2D eigenvalue weighted by Gasteiger charge is -2.12. The van der Waals surface area contributed by atoms with Gasteiger partial charge >= 0.3 is 0 Å². The minimum atomic E-state index is -0.0481. The number of unbranched alkanes of at least 4 members (excludes halogenated alkanes) is 1. The van der Waals surface area contributed by atoms with Crippen LogP contribution in [0.1, 0.15) is 26.2 Å². The molecular formula is C11H23N3O2. The zero-order valence-corrected chi connectivity index (χ0v) is 10.4. The van der Waals surface area contributed by atoms with E-state index >= 15 is 0 Å². The van der Waals surface area contributed by atoms with Gasteiger partial charge in [0.1, 0.15) is 5.78 Å². The summed E-state index contributed by atoms with van der Waals surface area (Å²) in [5.41, 5.74) is 0. The Bertz CT molecular complexity index is 219. The van der Waals surface area contributed by atoms with Crippen molar-refractivity contribution in [3.8, 4) is 0 Å². The number of rotatable bonds is 9. The van der Waals surface area contributed by atoms with Crippen molar-refractivity contribution in [2.75, 3.05) is 27.2 Å². The van der Waals surface area contributed by atoms with Gasteiger partial charge in [0.2, 0.25) is 5.91 Å². The fourth-order valence-electron chi connectivity index (χ4n) is 1.48. The summed E-state index contributed by atoms with van der Waals surface area (Å²) in [5, 5.41) is 8.56. The number of hydrogen-bond donors (Lipinski definition) is 3. The van der Waals surface area contributed by atoms with Crippen molar-refractivity contribution >= 4 is 11.7 Å². The molecule has 0 bridgehead atoms. The molecule has 1 unspecified atom stereocenters. The molecule has 0 aromatic rings. The molecule has 3 N–H and O–H groups in total. The van der Waals surface area contributed by atoms with Gasteiger partial charge in [0.25, 0.3) is 0 Å². The van der Waals surface area contributed by atoms with Gasteiger partial charge < -0.3 is 16.0 Å². The molecule has 0 aromatic heterocycles. The first-order valence-corrected chi connectivity index (χ1v) is 5.70. The Morgan fingerprint density at radius 1 is 1.19 bits per heavy atom. The van der Waals surface area contributed by atoms with Gasteiger partial charge in [0.15, 0.2) is 0 Å². The van der Waals surface area contributed by atoms with Gasteiger partial charge in [-0.3, -0.25) is 9.59 Å². The smallest absolute Gasteiger partial charge is 0.233 e. The number of ketones is 1. The van der Waals surface area contributed by atoms with E-state index in [1.54, 1.807) is 21.0 Å². The molecule has 0 rings (SSSR count). The van der Waals surface area contributed by atoms with Crippen LogP contribution in [0, 0.1) is 0 Å². The summed E-state index contributed by atoms with van der Waals surface area (Å²) in [4.78, 5) is 22.2. The molecule has 16 heavy (non-hydrogen) atoms. The van der Waals surface area contributed by atoms with E-state index in [4.69, 9.17) is 0 Å². The molecule has 1 amide bonds. The average Bonchev–Trinajstić information content (AvgIpc) is 2.23. The lowest BCUT2D eigenvalue weighted by atomic mass is 10.1. The number of hydrogen-bond acceptors (Lipinski definition) is 4. The quantitative estimate of drug-likeness (QED) is 0.473. The minimum Gasteiger partial charge on any atom is -0.355 e. The van der Waals surface area contributed by atoms with Crippen molar-refractivity contribution < 1.29 is 9.59 Å². The predicted molar refractivity (Wildman–Crippen MR) is 64.3 cm³/mol. The largest absolute Gasteiger partial charge is 0.355 e. The third-order valence-corrected chi connectivity index (χ3v) is 2.42. The van der Waals surface area contributed by atoms with Crippen molar-refractivity contribution in [1.82, 2.24) is 16.0 Å². The van der Waals surface area contributed by atoms with E-state index in [2.05, 4.69) is 16.0 Å². The molecule has 0 aliphatic heterocycles. The number of Topliss-reactive ketones (excluding diaryl/α,β-unsaturated/α-hetero) is 1. The minimum absolute atomic E-state index is 0.0132. The third kappa shape index (κ3) is 7.36. The van der Waals surface area contributed by atoms with E-state index in [1.807, 2.05) is 0 Å². The molecule has 0 heterocycles. The Hall–Kier alpha value is -0.940. The standard InChI is InChI=1S/C11H23N3O2/c1-9(15)10(13-3)6-4-5-7-14-11(16)8-12-2/h10,12-13H,4-8H2,1-3H3,(H,14,16). The van der Waals surface area contributed by atoms with Gasteiger partial charge in [0.05, 0.1) is 12.6 Å². The molecular weight excluding hydrogens is 206 g/mol. The van der Waals surface area contributed by atoms with Crippen LogP contribution in [-0.4, -0.2) is 44.9 Å². The van der Waals surface area contributed by atoms with E-state index in [0.717, 1.165) is 19.3 Å². The van der Waals surface area contributed by atoms with E-state index in [1.165, 1.54) is 0 Å². The first-order chi connectivity index (χ1) is 7.61. The second-order valence-corrected chi connectivity index (χ2v) is 3.83. The fraction of sp³-hybridized carbons (Fsp3) is 0.818. The first-order valence-electron chi connectivity index (χ1n) is 5.70. The van der Waals surface area contributed by atoms with Crippen LogP contribution in [0.15, 0.2) is 0 Å². The monoisotopic (exact) mass is 229 g/mol. The number of carbonyl (C=O) groups is 2. The summed E-state index contributed by atoms with van der Waals surface area (Å²) >= 11 is 0. The molecule has 0 radical (unpaired) electrons. The van der Waals surface area contributed by atoms with Crippen molar-refractivity contribution in [2.45, 2.75) is 32.2 Å². The molecule has 0 aliphatic carbocycles. The van der Waals surface area contributed by atoms with E-state index in [0.29, 0.717) is 13.1 Å². The van der Waals surface area contributed by atoms with Gasteiger partial charge in [-0.1, -0.05) is 0 Å². The van der Waals surface area contributed by atoms with E-state index < -0.39 is 0 Å². The predicted octanol–water partition coefficient (Wildman–Crippen LogP) is -0.331. The molecule has 0 aromatic carbocycles. The molecule has 0 spiro atoms. The molecule has 0 aliphatic rings. The van der Waals surface area contributed by atoms with Crippen molar-refractivity contribution in [2.24, 2.45) is 0 Å². The maximum atomic E-state index is 11.1. The van der Waals surface area contributed by atoms with Crippen LogP contribution in [0.25, 0.3) is 0 Å². The van der Waals surface area contributed by atoms with Gasteiger partial charge in [-0.25, -0.2) is 0 Å². The van der Waals surface area contributed by atoms with Crippen LogP contribution >= 0.6 is 0 Å². The number of carbonyl (C=O) groups excluding carboxylic acids is 2. The maximum Gasteiger partial charge on any atom is 0.233 e. The van der Waals surface area contributed by atoms with Crippen molar-refractivity contribution in [3.63, 3.8) is 0 Å². The molecule has 0 saturated carbocycles. The van der Waals surface area contributed by atoms with Crippen LogP contribution in [0.2, 0.25) is 0 Å². The Labute approximate surface area is 97.4 Å². The van der Waals surface area contributed by atoms with Crippen molar-refractivity contribution in [1.29, 1.82) is 0 Å². The summed E-state index contributed by atoms with van der Waals surface area (Å²) in [6, 6.07) is -0.0481. The molecule has 5 nitrogen and oxygen atoms in total. The Kier molecular flexibility index (Phi) is 8.75. The average molecular weight is 229 g/mol. The van der Waals surface area contributed by atoms with Crippen LogP contribution in [0.4, 0.5) is 0 Å². The highest BCUT2D eigenvalue weighted by molar-refractivity contribution is 5.81. The SMILES string of the molecule is CNCC(=O)NCCCCC(NC)C(C)=O. The van der Waals surface area contributed by atoms with Gasteiger partial charge in [-0.05, 0) is 40.3 Å². The lowest BCUT2D eigenvalue weighted by molar-refractivity contribution is -0.120. The topological polar surface area (TPSA) is 70.2 Å². The molecule has 0 fully saturated rings. The van der Waals surface area contributed by atoms with E-state index in [-0.39, 0.29) is 17.7 Å². The normalized spacial score (nSPS) is 12.2. The molecule has 1 atom stereocenters. The van der Waals surface area contributed by atoms with Crippen LogP contribution in [0.5, 0.6) is 0 Å². The highest BCUT2D eigenvalue weighted by atomic mass is 16.1. The van der Waals surface area contributed by atoms with Crippen LogP contribution in [0.3, 0.4) is 0 Å².